The molecule has 2 bridgehead atoms. The summed E-state index contributed by atoms with van der Waals surface area (Å²) in [4.78, 5) is 11.4. The molecule has 0 saturated heterocycles. The number of carboxylic acids is 1. The van der Waals surface area contributed by atoms with Gasteiger partial charge in [0.15, 0.2) is 0 Å². The Morgan fingerprint density at radius 2 is 2.12 bits per heavy atom. The van der Waals surface area contributed by atoms with Gasteiger partial charge < -0.3 is 5.11 Å². The molecule has 2 nitrogen and oxygen atoms in total. The van der Waals surface area contributed by atoms with Crippen LogP contribution < -0.4 is 0 Å². The highest BCUT2D eigenvalue weighted by molar-refractivity contribution is 5.74. The van der Waals surface area contributed by atoms with Crippen LogP contribution in [0.15, 0.2) is 12.2 Å². The van der Waals surface area contributed by atoms with Crippen LogP contribution in [0.5, 0.6) is 0 Å². The number of carbonyl (C=O) groups is 1. The van der Waals surface area contributed by atoms with Crippen LogP contribution in [-0.4, -0.2) is 11.1 Å². The van der Waals surface area contributed by atoms with Crippen molar-refractivity contribution in [2.75, 3.05) is 0 Å². The molecule has 0 amide bonds. The normalized spacial score (nSPS) is 48.5. The first kappa shape index (κ1) is 11.3. The molecule has 0 aliphatic heterocycles. The van der Waals surface area contributed by atoms with Crippen LogP contribution in [0.2, 0.25) is 0 Å². The number of hydrogen-bond donors (Lipinski definition) is 1. The first-order valence-electron chi connectivity index (χ1n) is 6.97. The largest absolute Gasteiger partial charge is 0.481 e. The van der Waals surface area contributed by atoms with Crippen molar-refractivity contribution in [3.63, 3.8) is 0 Å². The number of fused-ring (bicyclic) bond motifs is 2. The van der Waals surface area contributed by atoms with Gasteiger partial charge in [0.25, 0.3) is 0 Å². The Morgan fingerprint density at radius 3 is 2.65 bits per heavy atom. The number of hydrogen-bond acceptors (Lipinski definition) is 1. The predicted molar refractivity (Wildman–Crippen MR) is 66.6 cm³/mol. The highest BCUT2D eigenvalue weighted by Crippen LogP contribution is 2.59. The van der Waals surface area contributed by atoms with Crippen molar-refractivity contribution in [2.24, 2.45) is 22.7 Å². The third-order valence-corrected chi connectivity index (χ3v) is 5.63. The molecule has 2 heteroatoms. The number of allylic oxidation sites excluding steroid dienone is 2. The molecule has 4 unspecified atom stereocenters. The molecule has 2 fully saturated rings. The van der Waals surface area contributed by atoms with Crippen molar-refractivity contribution in [3.05, 3.63) is 12.2 Å². The monoisotopic (exact) mass is 234 g/mol. The van der Waals surface area contributed by atoms with Crippen molar-refractivity contribution in [2.45, 2.75) is 51.9 Å². The summed E-state index contributed by atoms with van der Waals surface area (Å²) in [5, 5.41) is 9.41. The van der Waals surface area contributed by atoms with E-state index >= 15 is 0 Å². The Bertz CT molecular complexity index is 373. The standard InChI is InChI=1S/C15H22O2/c1-14(13(16)17)6-2-3-12(10-14)15-7-4-11(9-15)5-8-15/h4,7,11-12H,2-3,5-6,8-10H2,1H3,(H,16,17). The zero-order valence-corrected chi connectivity index (χ0v) is 10.6. The van der Waals surface area contributed by atoms with E-state index in [0.29, 0.717) is 11.3 Å². The van der Waals surface area contributed by atoms with Gasteiger partial charge in [-0.05, 0) is 62.7 Å². The van der Waals surface area contributed by atoms with E-state index in [4.69, 9.17) is 0 Å². The van der Waals surface area contributed by atoms with Crippen molar-refractivity contribution in [1.82, 2.24) is 0 Å². The molecule has 0 radical (unpaired) electrons. The zero-order valence-electron chi connectivity index (χ0n) is 10.6. The summed E-state index contributed by atoms with van der Waals surface area (Å²) >= 11 is 0. The minimum absolute atomic E-state index is 0.377. The number of carboxylic acid groups (broad SMARTS) is 1. The van der Waals surface area contributed by atoms with Crippen LogP contribution in [0.25, 0.3) is 0 Å². The van der Waals surface area contributed by atoms with Crippen molar-refractivity contribution >= 4 is 5.97 Å². The van der Waals surface area contributed by atoms with Crippen LogP contribution in [0.1, 0.15) is 51.9 Å². The first-order chi connectivity index (χ1) is 8.04. The summed E-state index contributed by atoms with van der Waals surface area (Å²) in [6.07, 6.45) is 12.8. The Morgan fingerprint density at radius 1 is 1.29 bits per heavy atom. The van der Waals surface area contributed by atoms with Gasteiger partial charge in [-0.15, -0.1) is 0 Å². The minimum Gasteiger partial charge on any atom is -0.481 e. The zero-order chi connectivity index (χ0) is 12.1. The molecule has 0 aromatic carbocycles. The fraction of sp³-hybridized carbons (Fsp3) is 0.800. The summed E-state index contributed by atoms with van der Waals surface area (Å²) in [7, 11) is 0. The van der Waals surface area contributed by atoms with Crippen LogP contribution in [0, 0.1) is 22.7 Å². The molecule has 2 saturated carbocycles. The van der Waals surface area contributed by atoms with E-state index < -0.39 is 11.4 Å². The van der Waals surface area contributed by atoms with Crippen LogP contribution in [-0.2, 0) is 4.79 Å². The van der Waals surface area contributed by atoms with Crippen molar-refractivity contribution < 1.29 is 9.90 Å². The van der Waals surface area contributed by atoms with Gasteiger partial charge in [0.05, 0.1) is 5.41 Å². The van der Waals surface area contributed by atoms with E-state index in [9.17, 15) is 9.90 Å². The van der Waals surface area contributed by atoms with Crippen molar-refractivity contribution in [3.8, 4) is 0 Å². The Hall–Kier alpha value is -0.790. The summed E-state index contributed by atoms with van der Waals surface area (Å²) in [5.74, 6) is 0.823. The smallest absolute Gasteiger partial charge is 0.309 e. The number of aliphatic carboxylic acids is 1. The first-order valence-corrected chi connectivity index (χ1v) is 6.97. The van der Waals surface area contributed by atoms with Gasteiger partial charge in [-0.3, -0.25) is 4.79 Å². The molecular formula is C15H22O2. The molecule has 3 aliphatic carbocycles. The van der Waals surface area contributed by atoms with Gasteiger partial charge in [-0.1, -0.05) is 18.6 Å². The average molecular weight is 234 g/mol. The van der Waals surface area contributed by atoms with Gasteiger partial charge in [-0.25, -0.2) is 0 Å². The lowest BCUT2D eigenvalue weighted by Gasteiger charge is -2.43. The topological polar surface area (TPSA) is 37.3 Å². The Balaban J connectivity index is 1.81. The fourth-order valence-electron chi connectivity index (χ4n) is 4.47. The molecule has 0 spiro atoms. The second kappa shape index (κ2) is 3.60. The summed E-state index contributed by atoms with van der Waals surface area (Å²) in [6.45, 7) is 1.95. The van der Waals surface area contributed by atoms with E-state index in [1.54, 1.807) is 0 Å². The van der Waals surface area contributed by atoms with E-state index in [2.05, 4.69) is 12.2 Å². The second-order valence-electron chi connectivity index (χ2n) is 6.75. The summed E-state index contributed by atoms with van der Waals surface area (Å²) < 4.78 is 0. The maximum Gasteiger partial charge on any atom is 0.309 e. The molecule has 0 aromatic rings. The maximum atomic E-state index is 11.4. The van der Waals surface area contributed by atoms with Gasteiger partial charge >= 0.3 is 5.97 Å². The fourth-order valence-corrected chi connectivity index (χ4v) is 4.47. The van der Waals surface area contributed by atoms with Gasteiger partial charge in [0.1, 0.15) is 0 Å². The predicted octanol–water partition coefficient (Wildman–Crippen LogP) is 3.62. The van der Waals surface area contributed by atoms with Gasteiger partial charge in [0, 0.05) is 0 Å². The minimum atomic E-state index is -0.588. The molecule has 1 N–H and O–H groups in total. The van der Waals surface area contributed by atoms with E-state index in [-0.39, 0.29) is 0 Å². The summed E-state index contributed by atoms with van der Waals surface area (Å²) in [5.41, 5.74) is -0.0893. The molecule has 0 heterocycles. The highest BCUT2D eigenvalue weighted by Gasteiger charge is 2.50. The van der Waals surface area contributed by atoms with Crippen LogP contribution in [0.4, 0.5) is 0 Å². The van der Waals surface area contributed by atoms with Crippen LogP contribution in [0.3, 0.4) is 0 Å². The molecule has 17 heavy (non-hydrogen) atoms. The SMILES string of the molecule is CC1(C(=O)O)CCCC(C23C=CC(CC2)C3)C1. The van der Waals surface area contributed by atoms with E-state index in [1.807, 2.05) is 6.92 Å². The third-order valence-electron chi connectivity index (χ3n) is 5.63. The van der Waals surface area contributed by atoms with Gasteiger partial charge in [-0.2, -0.15) is 0 Å². The van der Waals surface area contributed by atoms with E-state index in [1.165, 1.54) is 25.7 Å². The number of rotatable bonds is 2. The Kier molecular flexibility index (Phi) is 2.39. The summed E-state index contributed by atoms with van der Waals surface area (Å²) in [6, 6.07) is 0. The highest BCUT2D eigenvalue weighted by atomic mass is 16.4. The lowest BCUT2D eigenvalue weighted by atomic mass is 9.61. The molecule has 4 atom stereocenters. The van der Waals surface area contributed by atoms with Crippen molar-refractivity contribution in [1.29, 1.82) is 0 Å². The molecule has 3 rings (SSSR count). The lowest BCUT2D eigenvalue weighted by molar-refractivity contribution is -0.151. The van der Waals surface area contributed by atoms with Gasteiger partial charge in [0.2, 0.25) is 0 Å². The third kappa shape index (κ3) is 1.64. The maximum absolute atomic E-state index is 11.4. The molecule has 0 aromatic heterocycles. The molecular weight excluding hydrogens is 212 g/mol. The Labute approximate surface area is 103 Å². The average Bonchev–Trinajstić information content (AvgIpc) is 2.90. The lowest BCUT2D eigenvalue weighted by Crippen LogP contribution is -2.38. The second-order valence-corrected chi connectivity index (χ2v) is 6.75. The molecule has 3 aliphatic rings. The van der Waals surface area contributed by atoms with Crippen LogP contribution >= 0.6 is 0 Å². The quantitative estimate of drug-likeness (QED) is 0.741. The van der Waals surface area contributed by atoms with E-state index in [0.717, 1.165) is 25.2 Å². The molecule has 94 valence electrons.